The Balaban J connectivity index is 2.46. The highest BCUT2D eigenvalue weighted by Gasteiger charge is 2.13. The highest BCUT2D eigenvalue weighted by Crippen LogP contribution is 2.14. The number of benzene rings is 1. The Morgan fingerprint density at radius 3 is 2.47 bits per heavy atom. The average molecular weight is 204 g/mol. The van der Waals surface area contributed by atoms with Crippen molar-refractivity contribution in [1.82, 2.24) is 0 Å². The summed E-state index contributed by atoms with van der Waals surface area (Å²) in [5.41, 5.74) is 1.04. The summed E-state index contributed by atoms with van der Waals surface area (Å²) in [6.07, 6.45) is 5.32. The van der Waals surface area contributed by atoms with Crippen molar-refractivity contribution < 1.29 is 4.74 Å². The van der Waals surface area contributed by atoms with Crippen molar-refractivity contribution in [3.8, 4) is 0 Å². The van der Waals surface area contributed by atoms with E-state index >= 15 is 0 Å². The van der Waals surface area contributed by atoms with Gasteiger partial charge in [0, 0.05) is 0 Å². The molecule has 15 heavy (non-hydrogen) atoms. The molecule has 1 rings (SSSR count). The summed E-state index contributed by atoms with van der Waals surface area (Å²) in [6, 6.07) is 10.3. The summed E-state index contributed by atoms with van der Waals surface area (Å²) in [5, 5.41) is 0. The normalized spacial score (nSPS) is 12.2. The molecule has 82 valence electrons. The highest BCUT2D eigenvalue weighted by atomic mass is 16.5. The Bertz CT molecular complexity index is 298. The fourth-order valence-electron chi connectivity index (χ4n) is 1.29. The van der Waals surface area contributed by atoms with Crippen LogP contribution in [0, 0.1) is 0 Å². The molecule has 0 bridgehead atoms. The van der Waals surface area contributed by atoms with Crippen LogP contribution in [0.1, 0.15) is 32.8 Å². The van der Waals surface area contributed by atoms with Crippen LogP contribution >= 0.6 is 0 Å². The first-order valence-corrected chi connectivity index (χ1v) is 5.49. The second-order valence-electron chi connectivity index (χ2n) is 4.19. The van der Waals surface area contributed by atoms with E-state index in [1.54, 1.807) is 0 Å². The van der Waals surface area contributed by atoms with E-state index in [0.29, 0.717) is 6.61 Å². The van der Waals surface area contributed by atoms with E-state index in [4.69, 9.17) is 4.74 Å². The van der Waals surface area contributed by atoms with Gasteiger partial charge in [-0.25, -0.2) is 0 Å². The highest BCUT2D eigenvalue weighted by molar-refractivity contribution is 5.13. The maximum Gasteiger partial charge on any atom is 0.0810 e. The van der Waals surface area contributed by atoms with E-state index in [-0.39, 0.29) is 5.60 Å². The van der Waals surface area contributed by atoms with Crippen molar-refractivity contribution in [2.45, 2.75) is 39.4 Å². The van der Waals surface area contributed by atoms with Crippen LogP contribution in [-0.2, 0) is 11.3 Å². The van der Waals surface area contributed by atoms with E-state index < -0.39 is 0 Å². The van der Waals surface area contributed by atoms with Crippen LogP contribution in [0.15, 0.2) is 42.5 Å². The molecule has 0 spiro atoms. The third-order valence-corrected chi connectivity index (χ3v) is 2.21. The van der Waals surface area contributed by atoms with Gasteiger partial charge < -0.3 is 4.74 Å². The predicted octanol–water partition coefficient (Wildman–Crippen LogP) is 3.95. The zero-order valence-electron chi connectivity index (χ0n) is 9.86. The van der Waals surface area contributed by atoms with E-state index in [1.807, 2.05) is 18.2 Å². The van der Waals surface area contributed by atoms with Crippen LogP contribution in [0.3, 0.4) is 0 Å². The Kier molecular flexibility index (Phi) is 4.57. The fraction of sp³-hybridized carbons (Fsp3) is 0.429. The van der Waals surface area contributed by atoms with Gasteiger partial charge in [0.15, 0.2) is 0 Å². The van der Waals surface area contributed by atoms with Crippen molar-refractivity contribution >= 4 is 0 Å². The minimum absolute atomic E-state index is 0.175. The topological polar surface area (TPSA) is 9.23 Å². The van der Waals surface area contributed by atoms with E-state index in [0.717, 1.165) is 6.42 Å². The van der Waals surface area contributed by atoms with Crippen molar-refractivity contribution in [3.05, 3.63) is 48.0 Å². The number of hydrogen-bond donors (Lipinski definition) is 0. The molecule has 0 aliphatic heterocycles. The first kappa shape index (κ1) is 12.0. The van der Waals surface area contributed by atoms with E-state index in [9.17, 15) is 0 Å². The Labute approximate surface area is 92.8 Å². The number of ether oxygens (including phenoxy) is 1. The van der Waals surface area contributed by atoms with Crippen molar-refractivity contribution in [2.24, 2.45) is 0 Å². The Morgan fingerprint density at radius 1 is 1.20 bits per heavy atom. The third kappa shape index (κ3) is 4.80. The number of hydrogen-bond acceptors (Lipinski definition) is 1. The first-order chi connectivity index (χ1) is 7.14. The summed E-state index contributed by atoms with van der Waals surface area (Å²) in [6.45, 7) is 6.97. The molecule has 1 aromatic rings. The third-order valence-electron chi connectivity index (χ3n) is 2.21. The fourth-order valence-corrected chi connectivity index (χ4v) is 1.29. The van der Waals surface area contributed by atoms with E-state index in [2.05, 4.69) is 45.1 Å². The van der Waals surface area contributed by atoms with Crippen LogP contribution in [-0.4, -0.2) is 5.60 Å². The number of allylic oxidation sites excluding steroid dienone is 1. The SMILES string of the molecule is CC/C=C\C(C)(C)OCc1ccccc1. The molecule has 0 amide bonds. The minimum Gasteiger partial charge on any atom is -0.367 e. The van der Waals surface area contributed by atoms with Gasteiger partial charge in [0.25, 0.3) is 0 Å². The lowest BCUT2D eigenvalue weighted by molar-refractivity contribution is 0.00697. The van der Waals surface area contributed by atoms with Crippen molar-refractivity contribution in [1.29, 1.82) is 0 Å². The molecule has 0 saturated heterocycles. The number of rotatable bonds is 5. The minimum atomic E-state index is -0.175. The molecule has 0 fully saturated rings. The van der Waals surface area contributed by atoms with Gasteiger partial charge in [0.2, 0.25) is 0 Å². The lowest BCUT2D eigenvalue weighted by Gasteiger charge is -2.21. The zero-order chi connectivity index (χ0) is 11.1. The van der Waals surface area contributed by atoms with Crippen LogP contribution < -0.4 is 0 Å². The van der Waals surface area contributed by atoms with Gasteiger partial charge in [-0.05, 0) is 25.8 Å². The smallest absolute Gasteiger partial charge is 0.0810 e. The molecule has 1 heteroatoms. The van der Waals surface area contributed by atoms with Gasteiger partial charge in [-0.2, -0.15) is 0 Å². The van der Waals surface area contributed by atoms with Crippen LogP contribution in [0.5, 0.6) is 0 Å². The molecule has 0 saturated carbocycles. The summed E-state index contributed by atoms with van der Waals surface area (Å²) >= 11 is 0. The lowest BCUT2D eigenvalue weighted by atomic mass is 10.1. The molecule has 0 aromatic heterocycles. The van der Waals surface area contributed by atoms with Crippen LogP contribution in [0.4, 0.5) is 0 Å². The Morgan fingerprint density at radius 2 is 1.87 bits per heavy atom. The quantitative estimate of drug-likeness (QED) is 0.660. The van der Waals surface area contributed by atoms with Gasteiger partial charge in [0.05, 0.1) is 12.2 Å². The Hall–Kier alpha value is -1.08. The van der Waals surface area contributed by atoms with E-state index in [1.165, 1.54) is 5.56 Å². The van der Waals surface area contributed by atoms with Gasteiger partial charge in [-0.15, -0.1) is 0 Å². The molecule has 0 heterocycles. The molecule has 1 aromatic carbocycles. The molecule has 0 N–H and O–H groups in total. The molecule has 0 aliphatic carbocycles. The van der Waals surface area contributed by atoms with Gasteiger partial charge in [0.1, 0.15) is 0 Å². The van der Waals surface area contributed by atoms with Gasteiger partial charge >= 0.3 is 0 Å². The maximum absolute atomic E-state index is 5.83. The zero-order valence-corrected chi connectivity index (χ0v) is 9.86. The molecular formula is C14H20O. The molecular weight excluding hydrogens is 184 g/mol. The molecule has 0 aliphatic rings. The molecule has 0 unspecified atom stereocenters. The predicted molar refractivity (Wildman–Crippen MR) is 64.7 cm³/mol. The second kappa shape index (κ2) is 5.72. The van der Waals surface area contributed by atoms with Crippen molar-refractivity contribution in [3.63, 3.8) is 0 Å². The average Bonchev–Trinajstić information content (AvgIpc) is 2.25. The molecule has 1 nitrogen and oxygen atoms in total. The summed E-state index contributed by atoms with van der Waals surface area (Å²) in [4.78, 5) is 0. The first-order valence-electron chi connectivity index (χ1n) is 5.49. The van der Waals surface area contributed by atoms with Crippen LogP contribution in [0.2, 0.25) is 0 Å². The van der Waals surface area contributed by atoms with Gasteiger partial charge in [-0.1, -0.05) is 49.4 Å². The summed E-state index contributed by atoms with van der Waals surface area (Å²) in [7, 11) is 0. The van der Waals surface area contributed by atoms with Gasteiger partial charge in [-0.3, -0.25) is 0 Å². The standard InChI is InChI=1S/C14H20O/c1-4-5-11-14(2,3)15-12-13-9-7-6-8-10-13/h5-11H,4,12H2,1-3H3/b11-5-. The lowest BCUT2D eigenvalue weighted by Crippen LogP contribution is -2.20. The monoisotopic (exact) mass is 204 g/mol. The maximum atomic E-state index is 5.83. The molecule has 0 radical (unpaired) electrons. The van der Waals surface area contributed by atoms with Crippen molar-refractivity contribution in [2.75, 3.05) is 0 Å². The largest absolute Gasteiger partial charge is 0.367 e. The summed E-state index contributed by atoms with van der Waals surface area (Å²) < 4.78 is 5.83. The van der Waals surface area contributed by atoms with Crippen LogP contribution in [0.25, 0.3) is 0 Å². The second-order valence-corrected chi connectivity index (χ2v) is 4.19. The summed E-state index contributed by atoms with van der Waals surface area (Å²) in [5.74, 6) is 0. The molecule has 0 atom stereocenters.